The molecular formula is C22H16FN3O2S. The lowest BCUT2D eigenvalue weighted by molar-refractivity contribution is -0.131. The first-order chi connectivity index (χ1) is 14.2. The van der Waals surface area contributed by atoms with Crippen molar-refractivity contribution in [3.63, 3.8) is 0 Å². The number of carbonyl (C=O) groups is 1. The maximum Gasteiger partial charge on any atom is 0.321 e. The number of carbonyl (C=O) groups excluding carboxylic acids is 1. The highest BCUT2D eigenvalue weighted by molar-refractivity contribution is 7.99. The Bertz CT molecular complexity index is 1120. The summed E-state index contributed by atoms with van der Waals surface area (Å²) in [6, 6.07) is 24.6. The summed E-state index contributed by atoms with van der Waals surface area (Å²) < 4.78 is 21.4. The van der Waals surface area contributed by atoms with E-state index in [1.54, 1.807) is 47.0 Å². The first-order valence-electron chi connectivity index (χ1n) is 8.86. The Morgan fingerprint density at radius 2 is 1.55 bits per heavy atom. The van der Waals surface area contributed by atoms with E-state index in [1.165, 1.54) is 17.8 Å². The van der Waals surface area contributed by atoms with E-state index in [9.17, 15) is 9.18 Å². The molecule has 0 saturated heterocycles. The van der Waals surface area contributed by atoms with Gasteiger partial charge in [0.25, 0.3) is 0 Å². The number of ether oxygens (including phenoxy) is 1. The van der Waals surface area contributed by atoms with Crippen molar-refractivity contribution in [1.29, 1.82) is 0 Å². The zero-order valence-corrected chi connectivity index (χ0v) is 16.1. The Morgan fingerprint density at radius 3 is 2.28 bits per heavy atom. The van der Waals surface area contributed by atoms with Gasteiger partial charge in [0, 0.05) is 5.69 Å². The van der Waals surface area contributed by atoms with E-state index in [-0.39, 0.29) is 5.75 Å². The summed E-state index contributed by atoms with van der Waals surface area (Å²) in [5, 5.41) is 8.85. The Morgan fingerprint density at radius 1 is 0.897 bits per heavy atom. The molecule has 4 rings (SSSR count). The number of thioether (sulfide) groups is 1. The van der Waals surface area contributed by atoms with Crippen molar-refractivity contribution in [1.82, 2.24) is 14.8 Å². The van der Waals surface area contributed by atoms with Gasteiger partial charge in [-0.1, -0.05) is 60.3 Å². The second-order valence-electron chi connectivity index (χ2n) is 6.03. The maximum atomic E-state index is 14.4. The second kappa shape index (κ2) is 8.70. The molecule has 0 N–H and O–H groups in total. The number of benzene rings is 3. The zero-order valence-electron chi connectivity index (χ0n) is 15.2. The van der Waals surface area contributed by atoms with Gasteiger partial charge in [0.2, 0.25) is 0 Å². The van der Waals surface area contributed by atoms with Crippen LogP contribution in [-0.2, 0) is 4.79 Å². The number of rotatable bonds is 6. The van der Waals surface area contributed by atoms with E-state index in [2.05, 4.69) is 10.2 Å². The lowest BCUT2D eigenvalue weighted by atomic mass is 10.2. The minimum Gasteiger partial charge on any atom is -0.426 e. The fourth-order valence-electron chi connectivity index (χ4n) is 2.76. The van der Waals surface area contributed by atoms with Crippen LogP contribution in [0.15, 0.2) is 90.1 Å². The molecule has 7 heteroatoms. The fourth-order valence-corrected chi connectivity index (χ4v) is 3.49. The van der Waals surface area contributed by atoms with Gasteiger partial charge >= 0.3 is 5.97 Å². The average Bonchev–Trinajstić information content (AvgIpc) is 3.18. The van der Waals surface area contributed by atoms with Crippen LogP contribution in [0.25, 0.3) is 17.1 Å². The molecule has 0 amide bonds. The van der Waals surface area contributed by atoms with Crippen molar-refractivity contribution in [2.75, 3.05) is 5.75 Å². The molecule has 0 bridgehead atoms. The van der Waals surface area contributed by atoms with Crippen LogP contribution in [-0.4, -0.2) is 26.5 Å². The summed E-state index contributed by atoms with van der Waals surface area (Å²) >= 11 is 1.18. The van der Waals surface area contributed by atoms with Crippen LogP contribution < -0.4 is 4.74 Å². The number of hydrogen-bond acceptors (Lipinski definition) is 5. The van der Waals surface area contributed by atoms with E-state index in [0.29, 0.717) is 22.3 Å². The largest absolute Gasteiger partial charge is 0.426 e. The van der Waals surface area contributed by atoms with Crippen molar-refractivity contribution in [2.24, 2.45) is 0 Å². The van der Waals surface area contributed by atoms with Gasteiger partial charge in [0.1, 0.15) is 11.6 Å². The molecule has 0 fully saturated rings. The van der Waals surface area contributed by atoms with Crippen LogP contribution >= 0.6 is 11.8 Å². The van der Waals surface area contributed by atoms with Crippen LogP contribution in [0.5, 0.6) is 5.75 Å². The standard InChI is InChI=1S/C22H16FN3O2S/c23-19-14-8-7-13-18(19)21-24-25-22(26(21)16-9-3-1-4-10-16)29-15-20(27)28-17-11-5-2-6-12-17/h1-14H,15H2. The molecule has 0 aliphatic carbocycles. The molecule has 29 heavy (non-hydrogen) atoms. The van der Waals surface area contributed by atoms with Crippen LogP contribution in [0.1, 0.15) is 0 Å². The fraction of sp³-hybridized carbons (Fsp3) is 0.0455. The number of hydrogen-bond donors (Lipinski definition) is 0. The Labute approximate surface area is 171 Å². The van der Waals surface area contributed by atoms with E-state index < -0.39 is 11.8 Å². The lowest BCUT2D eigenvalue weighted by Gasteiger charge is -2.10. The van der Waals surface area contributed by atoms with E-state index >= 15 is 0 Å². The second-order valence-corrected chi connectivity index (χ2v) is 6.98. The van der Waals surface area contributed by atoms with Gasteiger partial charge in [-0.25, -0.2) is 4.39 Å². The van der Waals surface area contributed by atoms with Gasteiger partial charge in [0.05, 0.1) is 11.3 Å². The van der Waals surface area contributed by atoms with Crippen molar-refractivity contribution in [3.05, 3.63) is 90.7 Å². The van der Waals surface area contributed by atoms with Crippen LogP contribution in [0.4, 0.5) is 4.39 Å². The molecule has 4 aromatic rings. The Hall–Kier alpha value is -3.45. The molecule has 0 atom stereocenters. The number of halogens is 1. The van der Waals surface area contributed by atoms with Gasteiger partial charge in [-0.05, 0) is 36.4 Å². The van der Waals surface area contributed by atoms with Crippen LogP contribution in [0.2, 0.25) is 0 Å². The normalized spacial score (nSPS) is 10.7. The summed E-state index contributed by atoms with van der Waals surface area (Å²) in [6.45, 7) is 0. The van der Waals surface area contributed by atoms with Crippen molar-refractivity contribution < 1.29 is 13.9 Å². The molecule has 0 saturated carbocycles. The lowest BCUT2D eigenvalue weighted by Crippen LogP contribution is -2.11. The molecule has 144 valence electrons. The first-order valence-corrected chi connectivity index (χ1v) is 9.85. The monoisotopic (exact) mass is 405 g/mol. The predicted octanol–water partition coefficient (Wildman–Crippen LogP) is 4.77. The molecule has 1 aromatic heterocycles. The molecular weight excluding hydrogens is 389 g/mol. The maximum absolute atomic E-state index is 14.4. The van der Waals surface area contributed by atoms with E-state index in [1.807, 2.05) is 36.4 Å². The highest BCUT2D eigenvalue weighted by Gasteiger charge is 2.19. The van der Waals surface area contributed by atoms with Crippen LogP contribution in [0, 0.1) is 5.82 Å². The molecule has 1 heterocycles. The molecule has 3 aromatic carbocycles. The van der Waals surface area contributed by atoms with Crippen molar-refractivity contribution >= 4 is 17.7 Å². The van der Waals surface area contributed by atoms with Crippen molar-refractivity contribution in [3.8, 4) is 22.8 Å². The predicted molar refractivity (Wildman–Crippen MR) is 110 cm³/mol. The summed E-state index contributed by atoms with van der Waals surface area (Å²) in [4.78, 5) is 12.2. The molecule has 0 spiro atoms. The summed E-state index contributed by atoms with van der Waals surface area (Å²) in [5.74, 6) is 0.0909. The molecule has 0 radical (unpaired) electrons. The third kappa shape index (κ3) is 4.35. The van der Waals surface area contributed by atoms with Gasteiger partial charge in [0.15, 0.2) is 11.0 Å². The smallest absolute Gasteiger partial charge is 0.321 e. The molecule has 0 aliphatic rings. The van der Waals surface area contributed by atoms with Gasteiger partial charge < -0.3 is 4.74 Å². The Kier molecular flexibility index (Phi) is 5.67. The minimum atomic E-state index is -0.406. The summed E-state index contributed by atoms with van der Waals surface area (Å²) in [6.07, 6.45) is 0. The first kappa shape index (κ1) is 18.9. The van der Waals surface area contributed by atoms with Gasteiger partial charge in [-0.2, -0.15) is 0 Å². The quantitative estimate of drug-likeness (QED) is 0.263. The molecule has 5 nitrogen and oxygen atoms in total. The highest BCUT2D eigenvalue weighted by atomic mass is 32.2. The minimum absolute atomic E-state index is 0.0388. The van der Waals surface area contributed by atoms with Gasteiger partial charge in [-0.15, -0.1) is 10.2 Å². The van der Waals surface area contributed by atoms with Gasteiger partial charge in [-0.3, -0.25) is 9.36 Å². The average molecular weight is 405 g/mol. The van der Waals surface area contributed by atoms with Crippen LogP contribution in [0.3, 0.4) is 0 Å². The number of nitrogens with zero attached hydrogens (tertiary/aromatic N) is 3. The Balaban J connectivity index is 1.62. The number of para-hydroxylation sites is 2. The third-order valence-corrected chi connectivity index (χ3v) is 4.96. The molecule has 0 unspecified atom stereocenters. The summed E-state index contributed by atoms with van der Waals surface area (Å²) in [5.41, 5.74) is 1.11. The third-order valence-electron chi connectivity index (χ3n) is 4.06. The van der Waals surface area contributed by atoms with E-state index in [0.717, 1.165) is 5.69 Å². The number of esters is 1. The molecule has 0 aliphatic heterocycles. The number of aromatic nitrogens is 3. The SMILES string of the molecule is O=C(CSc1nnc(-c2ccccc2F)n1-c1ccccc1)Oc1ccccc1. The summed E-state index contributed by atoms with van der Waals surface area (Å²) in [7, 11) is 0. The van der Waals surface area contributed by atoms with E-state index in [4.69, 9.17) is 4.74 Å². The highest BCUT2D eigenvalue weighted by Crippen LogP contribution is 2.29. The zero-order chi connectivity index (χ0) is 20.1. The topological polar surface area (TPSA) is 57.0 Å². The van der Waals surface area contributed by atoms with Crippen molar-refractivity contribution in [2.45, 2.75) is 5.16 Å².